The molecule has 0 saturated carbocycles. The van der Waals surface area contributed by atoms with E-state index in [2.05, 4.69) is 20.8 Å². The second-order valence-electron chi connectivity index (χ2n) is 5.32. The van der Waals surface area contributed by atoms with Crippen molar-refractivity contribution in [3.8, 4) is 5.69 Å². The van der Waals surface area contributed by atoms with E-state index >= 15 is 0 Å². The van der Waals surface area contributed by atoms with E-state index < -0.39 is 0 Å². The Labute approximate surface area is 152 Å². The lowest BCUT2D eigenvalue weighted by Crippen LogP contribution is -2.14. The maximum atomic E-state index is 13.0. The van der Waals surface area contributed by atoms with Crippen LogP contribution in [0.3, 0.4) is 0 Å². The highest BCUT2D eigenvalue weighted by molar-refractivity contribution is 7.99. The largest absolute Gasteiger partial charge is 0.325 e. The van der Waals surface area contributed by atoms with Crippen molar-refractivity contribution in [1.82, 2.24) is 20.2 Å². The molecule has 0 atom stereocenters. The van der Waals surface area contributed by atoms with Crippen molar-refractivity contribution in [2.24, 2.45) is 0 Å². The van der Waals surface area contributed by atoms with Gasteiger partial charge in [-0.1, -0.05) is 11.8 Å². The molecule has 0 aliphatic carbocycles. The zero-order valence-corrected chi connectivity index (χ0v) is 14.5. The Kier molecular flexibility index (Phi) is 5.37. The molecule has 0 saturated heterocycles. The Hall–Kier alpha value is -3.07. The van der Waals surface area contributed by atoms with Crippen LogP contribution in [0.2, 0.25) is 0 Å². The summed E-state index contributed by atoms with van der Waals surface area (Å²) in [4.78, 5) is 23.3. The molecule has 7 nitrogen and oxygen atoms in total. The zero-order chi connectivity index (χ0) is 18.5. The van der Waals surface area contributed by atoms with Crippen LogP contribution in [0, 0.1) is 5.82 Å². The van der Waals surface area contributed by atoms with Crippen molar-refractivity contribution in [3.05, 3.63) is 59.9 Å². The number of nitrogens with one attached hydrogen (secondary N) is 1. The number of carbonyl (C=O) groups excluding carboxylic acids is 2. The van der Waals surface area contributed by atoms with E-state index in [4.69, 9.17) is 0 Å². The molecule has 9 heteroatoms. The number of aromatic nitrogens is 4. The average molecular weight is 371 g/mol. The van der Waals surface area contributed by atoms with Crippen LogP contribution in [0.4, 0.5) is 10.1 Å². The van der Waals surface area contributed by atoms with Crippen LogP contribution in [0.1, 0.15) is 17.3 Å². The van der Waals surface area contributed by atoms with Crippen LogP contribution >= 0.6 is 11.8 Å². The van der Waals surface area contributed by atoms with Gasteiger partial charge in [-0.05, 0) is 65.9 Å². The average Bonchev–Trinajstić information content (AvgIpc) is 3.09. The summed E-state index contributed by atoms with van der Waals surface area (Å²) in [6.07, 6.45) is 0. The van der Waals surface area contributed by atoms with Crippen LogP contribution < -0.4 is 5.32 Å². The van der Waals surface area contributed by atoms with Gasteiger partial charge in [0.15, 0.2) is 5.78 Å². The van der Waals surface area contributed by atoms with E-state index in [1.54, 1.807) is 36.4 Å². The summed E-state index contributed by atoms with van der Waals surface area (Å²) in [6, 6.07) is 12.4. The lowest BCUT2D eigenvalue weighted by molar-refractivity contribution is -0.113. The number of benzene rings is 2. The fourth-order valence-electron chi connectivity index (χ4n) is 2.13. The van der Waals surface area contributed by atoms with E-state index in [0.29, 0.717) is 22.1 Å². The number of Topliss-reactive ketones (excluding diaryl/α,β-unsaturated/α-hetero) is 1. The lowest BCUT2D eigenvalue weighted by atomic mass is 10.1. The van der Waals surface area contributed by atoms with E-state index in [1.807, 2.05) is 0 Å². The molecule has 0 fully saturated rings. The fourth-order valence-corrected chi connectivity index (χ4v) is 2.82. The molecule has 132 valence electrons. The van der Waals surface area contributed by atoms with Gasteiger partial charge in [-0.25, -0.2) is 4.39 Å². The molecule has 0 bridgehead atoms. The van der Waals surface area contributed by atoms with Crippen LogP contribution in [-0.2, 0) is 4.79 Å². The minimum absolute atomic E-state index is 0.0361. The first kappa shape index (κ1) is 17.7. The number of ketones is 1. The number of nitrogens with zero attached hydrogens (tertiary/aromatic N) is 4. The molecule has 0 aliphatic heterocycles. The van der Waals surface area contributed by atoms with Crippen molar-refractivity contribution >= 4 is 29.1 Å². The Balaban J connectivity index is 1.61. The Morgan fingerprint density at radius 1 is 1.12 bits per heavy atom. The third kappa shape index (κ3) is 4.31. The van der Waals surface area contributed by atoms with Crippen LogP contribution in [-0.4, -0.2) is 37.7 Å². The number of amides is 1. The first-order valence-electron chi connectivity index (χ1n) is 7.61. The third-order valence-corrected chi connectivity index (χ3v) is 4.34. The number of anilines is 1. The first-order chi connectivity index (χ1) is 12.5. The second kappa shape index (κ2) is 7.87. The molecule has 1 aromatic heterocycles. The van der Waals surface area contributed by atoms with Gasteiger partial charge in [-0.15, -0.1) is 5.10 Å². The Bertz CT molecular complexity index is 925. The fraction of sp³-hybridized carbons (Fsp3) is 0.118. The highest BCUT2D eigenvalue weighted by Crippen LogP contribution is 2.19. The van der Waals surface area contributed by atoms with Crippen molar-refractivity contribution in [2.45, 2.75) is 12.1 Å². The summed E-state index contributed by atoms with van der Waals surface area (Å²) in [7, 11) is 0. The molecule has 1 heterocycles. The van der Waals surface area contributed by atoms with Gasteiger partial charge in [-0.2, -0.15) is 4.68 Å². The highest BCUT2D eigenvalue weighted by atomic mass is 32.2. The maximum Gasteiger partial charge on any atom is 0.234 e. The van der Waals surface area contributed by atoms with Crippen molar-refractivity contribution in [1.29, 1.82) is 0 Å². The third-order valence-electron chi connectivity index (χ3n) is 3.42. The second-order valence-corrected chi connectivity index (χ2v) is 6.26. The number of hydrogen-bond donors (Lipinski definition) is 1. The first-order valence-corrected chi connectivity index (χ1v) is 8.59. The monoisotopic (exact) mass is 371 g/mol. The van der Waals surface area contributed by atoms with Crippen LogP contribution in [0.25, 0.3) is 5.69 Å². The van der Waals surface area contributed by atoms with Gasteiger partial charge in [0.05, 0.1) is 11.4 Å². The number of halogens is 1. The predicted molar refractivity (Wildman–Crippen MR) is 94.9 cm³/mol. The van der Waals surface area contributed by atoms with Crippen LogP contribution in [0.5, 0.6) is 0 Å². The van der Waals surface area contributed by atoms with Gasteiger partial charge in [0.2, 0.25) is 11.1 Å². The van der Waals surface area contributed by atoms with E-state index in [9.17, 15) is 14.0 Å². The summed E-state index contributed by atoms with van der Waals surface area (Å²) in [6.45, 7) is 1.48. The number of carbonyl (C=O) groups is 2. The van der Waals surface area contributed by atoms with Gasteiger partial charge in [-0.3, -0.25) is 9.59 Å². The molecular formula is C17H14FN5O2S. The smallest absolute Gasteiger partial charge is 0.234 e. The normalized spacial score (nSPS) is 10.5. The molecule has 26 heavy (non-hydrogen) atoms. The minimum Gasteiger partial charge on any atom is -0.325 e. The summed E-state index contributed by atoms with van der Waals surface area (Å²) < 4.78 is 14.5. The van der Waals surface area contributed by atoms with Gasteiger partial charge in [0.1, 0.15) is 5.82 Å². The number of hydrogen-bond acceptors (Lipinski definition) is 6. The van der Waals surface area contributed by atoms with E-state index in [1.165, 1.54) is 23.7 Å². The summed E-state index contributed by atoms with van der Waals surface area (Å²) >= 11 is 1.16. The lowest BCUT2D eigenvalue weighted by Gasteiger charge is -2.06. The van der Waals surface area contributed by atoms with Crippen molar-refractivity contribution in [3.63, 3.8) is 0 Å². The van der Waals surface area contributed by atoms with Gasteiger partial charge < -0.3 is 5.32 Å². The molecule has 0 aliphatic rings. The van der Waals surface area contributed by atoms with Crippen LogP contribution in [0.15, 0.2) is 53.7 Å². The standard InChI is InChI=1S/C17H14FN5O2S/c1-11(24)12-2-6-14(7-3-12)19-16(25)10-26-17-20-21-22-23(17)15-8-4-13(18)5-9-15/h2-9H,10H2,1H3,(H,19,25). The Morgan fingerprint density at radius 3 is 2.46 bits per heavy atom. The summed E-state index contributed by atoms with van der Waals surface area (Å²) in [5, 5.41) is 14.5. The molecule has 1 N–H and O–H groups in total. The van der Waals surface area contributed by atoms with E-state index in [-0.39, 0.29) is 23.3 Å². The minimum atomic E-state index is -0.355. The number of thioether (sulfide) groups is 1. The number of tetrazole rings is 1. The van der Waals surface area contributed by atoms with E-state index in [0.717, 1.165) is 11.8 Å². The molecule has 0 unspecified atom stereocenters. The Morgan fingerprint density at radius 2 is 1.81 bits per heavy atom. The predicted octanol–water partition coefficient (Wildman–Crippen LogP) is 2.73. The molecule has 0 spiro atoms. The molecule has 0 radical (unpaired) electrons. The van der Waals surface area contributed by atoms with Gasteiger partial charge in [0.25, 0.3) is 0 Å². The van der Waals surface area contributed by atoms with Gasteiger partial charge >= 0.3 is 0 Å². The van der Waals surface area contributed by atoms with Crippen molar-refractivity contribution in [2.75, 3.05) is 11.1 Å². The maximum absolute atomic E-state index is 13.0. The summed E-state index contributed by atoms with van der Waals surface area (Å²) in [5.41, 5.74) is 1.77. The van der Waals surface area contributed by atoms with Crippen molar-refractivity contribution < 1.29 is 14.0 Å². The quantitative estimate of drug-likeness (QED) is 0.529. The summed E-state index contributed by atoms with van der Waals surface area (Å²) in [5.74, 6) is -0.535. The molecule has 2 aromatic carbocycles. The van der Waals surface area contributed by atoms with Gasteiger partial charge in [0, 0.05) is 11.3 Å². The molecule has 3 aromatic rings. The zero-order valence-electron chi connectivity index (χ0n) is 13.7. The number of rotatable bonds is 6. The topological polar surface area (TPSA) is 89.8 Å². The molecule has 3 rings (SSSR count). The SMILES string of the molecule is CC(=O)c1ccc(NC(=O)CSc2nnnn2-c2ccc(F)cc2)cc1. The molecule has 1 amide bonds. The highest BCUT2D eigenvalue weighted by Gasteiger charge is 2.12. The molecular weight excluding hydrogens is 357 g/mol.